The minimum Gasteiger partial charge on any atom is -0.378 e. The Balaban J connectivity index is 0.718. The summed E-state index contributed by atoms with van der Waals surface area (Å²) in [5, 5.41) is 13.4. The van der Waals surface area contributed by atoms with Gasteiger partial charge >= 0.3 is 0 Å². The van der Waals surface area contributed by atoms with E-state index in [1.807, 2.05) is 12.1 Å². The van der Waals surface area contributed by atoms with E-state index in [1.54, 1.807) is 23.0 Å². The molecule has 0 bridgehead atoms. The van der Waals surface area contributed by atoms with Crippen molar-refractivity contribution in [2.75, 3.05) is 62.8 Å². The SMILES string of the molecule is O=C1CCC(N2C(=O)c3cccc(CCCOC4CCN(CC5CCC(n6cc(NC(=O)c7cnn8ccc(N9CCOCC9)nc78)c(C(F)F)n6)CC5)CC4)c3C2=O)C(=O)N1. The molecule has 1 saturated carbocycles. The van der Waals surface area contributed by atoms with E-state index in [9.17, 15) is 32.8 Å². The number of morpholine rings is 1. The van der Waals surface area contributed by atoms with Crippen LogP contribution in [0.15, 0.2) is 42.9 Å². The minimum atomic E-state index is -2.87. The zero-order valence-electron chi connectivity index (χ0n) is 34.3. The number of alkyl halides is 2. The molecule has 328 valence electrons. The van der Waals surface area contributed by atoms with Crippen LogP contribution in [-0.4, -0.2) is 128 Å². The number of nitrogens with zero attached hydrogens (tertiary/aromatic N) is 8. The zero-order valence-corrected chi connectivity index (χ0v) is 34.3. The van der Waals surface area contributed by atoms with Crippen LogP contribution in [0, 0.1) is 5.92 Å². The Kier molecular flexibility index (Phi) is 12.1. The van der Waals surface area contributed by atoms with Crippen molar-refractivity contribution in [2.24, 2.45) is 5.92 Å². The molecule has 1 unspecified atom stereocenters. The third-order valence-corrected chi connectivity index (χ3v) is 12.9. The summed E-state index contributed by atoms with van der Waals surface area (Å²) >= 11 is 0. The predicted molar refractivity (Wildman–Crippen MR) is 219 cm³/mol. The maximum Gasteiger partial charge on any atom is 0.284 e. The van der Waals surface area contributed by atoms with Gasteiger partial charge in [0.1, 0.15) is 17.4 Å². The van der Waals surface area contributed by atoms with E-state index in [0.29, 0.717) is 68.7 Å². The second-order valence-corrected chi connectivity index (χ2v) is 16.8. The lowest BCUT2D eigenvalue weighted by Crippen LogP contribution is -2.54. The molecule has 3 saturated heterocycles. The van der Waals surface area contributed by atoms with E-state index >= 15 is 0 Å². The highest BCUT2D eigenvalue weighted by Gasteiger charge is 2.45. The summed E-state index contributed by atoms with van der Waals surface area (Å²) in [6.45, 7) is 5.81. The molecule has 9 rings (SSSR count). The molecule has 4 fully saturated rings. The molecule has 2 N–H and O–H groups in total. The van der Waals surface area contributed by atoms with Gasteiger partial charge in [0.2, 0.25) is 11.8 Å². The van der Waals surface area contributed by atoms with Crippen LogP contribution in [0.1, 0.15) is 113 Å². The summed E-state index contributed by atoms with van der Waals surface area (Å²) in [6, 6.07) is 5.97. The van der Waals surface area contributed by atoms with Gasteiger partial charge in [-0.15, -0.1) is 0 Å². The molecule has 7 heterocycles. The lowest BCUT2D eigenvalue weighted by Gasteiger charge is -2.36. The molecule has 0 radical (unpaired) electrons. The van der Waals surface area contributed by atoms with Crippen molar-refractivity contribution < 1.29 is 42.2 Å². The van der Waals surface area contributed by atoms with E-state index in [1.165, 1.54) is 16.9 Å². The third kappa shape index (κ3) is 8.57. The first-order valence-electron chi connectivity index (χ1n) is 21.6. The van der Waals surface area contributed by atoms with E-state index < -0.39 is 47.7 Å². The van der Waals surface area contributed by atoms with Crippen molar-refractivity contribution in [3.05, 3.63) is 70.8 Å². The van der Waals surface area contributed by atoms with Crippen LogP contribution in [-0.2, 0) is 25.5 Å². The topological polar surface area (TPSA) is 186 Å². The zero-order chi connectivity index (χ0) is 42.9. The van der Waals surface area contributed by atoms with Crippen LogP contribution >= 0.6 is 0 Å². The number of likely N-dealkylation sites (tertiary alicyclic amines) is 1. The van der Waals surface area contributed by atoms with E-state index in [2.05, 4.69) is 35.6 Å². The van der Waals surface area contributed by atoms with Crippen molar-refractivity contribution >= 4 is 46.7 Å². The molecule has 5 aliphatic rings. The molecule has 4 aliphatic heterocycles. The van der Waals surface area contributed by atoms with Gasteiger partial charge in [0.15, 0.2) is 11.3 Å². The highest BCUT2D eigenvalue weighted by atomic mass is 19.3. The largest absolute Gasteiger partial charge is 0.378 e. The summed E-state index contributed by atoms with van der Waals surface area (Å²) < 4.78 is 43.3. The second-order valence-electron chi connectivity index (χ2n) is 16.8. The molecule has 4 aromatic rings. The van der Waals surface area contributed by atoms with Crippen molar-refractivity contribution in [3.63, 3.8) is 0 Å². The summed E-state index contributed by atoms with van der Waals surface area (Å²) in [5.41, 5.74) is 1.39. The standard InChI is InChI=1S/C43H50F2N10O7/c44-38(45)37-32(47-40(57)31-23-46-53-17-14-34(48-39(31)53)52-18-21-61-22-19-52)25-54(50-37)28-8-6-26(7-9-28)24-51-15-12-29(13-16-51)62-20-2-4-27-3-1-5-30-36(27)43(60)55(42(30)59)33-10-11-35(56)49-41(33)58/h1,3,5,14,17,23,25-26,28-29,33,38H,2,4,6-13,15-16,18-22,24H2,(H,47,57)(H,49,56,58). The first kappa shape index (κ1) is 41.7. The Hall–Kier alpha value is -5.66. The predicted octanol–water partition coefficient (Wildman–Crippen LogP) is 4.20. The maximum atomic E-state index is 14.2. The van der Waals surface area contributed by atoms with Gasteiger partial charge in [-0.3, -0.25) is 38.9 Å². The lowest BCUT2D eigenvalue weighted by molar-refractivity contribution is -0.136. The highest BCUT2D eigenvalue weighted by molar-refractivity contribution is 6.24. The number of aromatic nitrogens is 5. The third-order valence-electron chi connectivity index (χ3n) is 12.9. The Morgan fingerprint density at radius 2 is 1.76 bits per heavy atom. The molecule has 5 amide bonds. The van der Waals surface area contributed by atoms with Gasteiger partial charge in [0.05, 0.1) is 48.4 Å². The highest BCUT2D eigenvalue weighted by Crippen LogP contribution is 2.36. The molecule has 19 heteroatoms. The number of ether oxygens (including phenoxy) is 2. The molecule has 1 aliphatic carbocycles. The van der Waals surface area contributed by atoms with Gasteiger partial charge < -0.3 is 24.6 Å². The van der Waals surface area contributed by atoms with Crippen LogP contribution in [0.2, 0.25) is 0 Å². The quantitative estimate of drug-likeness (QED) is 0.145. The van der Waals surface area contributed by atoms with E-state index in [4.69, 9.17) is 9.47 Å². The number of benzene rings is 1. The van der Waals surface area contributed by atoms with Gasteiger partial charge in [-0.25, -0.2) is 18.3 Å². The Labute approximate surface area is 356 Å². The Bertz CT molecular complexity index is 2350. The smallest absolute Gasteiger partial charge is 0.284 e. The number of halogens is 2. The first-order valence-corrected chi connectivity index (χ1v) is 21.6. The van der Waals surface area contributed by atoms with Gasteiger partial charge in [0, 0.05) is 58.1 Å². The number of fused-ring (bicyclic) bond motifs is 2. The number of anilines is 2. The van der Waals surface area contributed by atoms with Crippen LogP contribution in [0.25, 0.3) is 5.65 Å². The monoisotopic (exact) mass is 856 g/mol. The number of hydrogen-bond acceptors (Lipinski definition) is 12. The molecular formula is C43H50F2N10O7. The summed E-state index contributed by atoms with van der Waals surface area (Å²) in [7, 11) is 0. The molecule has 62 heavy (non-hydrogen) atoms. The van der Waals surface area contributed by atoms with Crippen molar-refractivity contribution in [1.82, 2.24) is 39.5 Å². The van der Waals surface area contributed by atoms with E-state index in [-0.39, 0.29) is 41.8 Å². The van der Waals surface area contributed by atoms with Crippen molar-refractivity contribution in [2.45, 2.75) is 88.8 Å². The fraction of sp³-hybridized carbons (Fsp3) is 0.535. The first-order chi connectivity index (χ1) is 30.1. The molecule has 1 aromatic carbocycles. The van der Waals surface area contributed by atoms with Crippen molar-refractivity contribution in [3.8, 4) is 0 Å². The van der Waals surface area contributed by atoms with Gasteiger partial charge in [-0.1, -0.05) is 12.1 Å². The van der Waals surface area contributed by atoms with Crippen molar-refractivity contribution in [1.29, 1.82) is 0 Å². The Morgan fingerprint density at radius 3 is 2.52 bits per heavy atom. The number of carbonyl (C=O) groups excluding carboxylic acids is 5. The number of rotatable bonds is 13. The summed E-state index contributed by atoms with van der Waals surface area (Å²) in [5.74, 6) is -1.45. The molecule has 17 nitrogen and oxygen atoms in total. The molecule has 3 aromatic heterocycles. The minimum absolute atomic E-state index is 0.0190. The number of nitrogens with one attached hydrogen (secondary N) is 2. The summed E-state index contributed by atoms with van der Waals surface area (Å²) in [6.07, 6.45) is 8.58. The second kappa shape index (κ2) is 18.0. The van der Waals surface area contributed by atoms with Gasteiger partial charge in [-0.2, -0.15) is 10.2 Å². The number of carbonyl (C=O) groups is 5. The van der Waals surface area contributed by atoms with Crippen LogP contribution in [0.4, 0.5) is 20.3 Å². The normalized spacial score (nSPS) is 22.8. The Morgan fingerprint density at radius 1 is 0.968 bits per heavy atom. The fourth-order valence-electron chi connectivity index (χ4n) is 9.55. The lowest BCUT2D eigenvalue weighted by atomic mass is 9.85. The maximum absolute atomic E-state index is 14.2. The van der Waals surface area contributed by atoms with Gasteiger partial charge in [0.25, 0.3) is 24.1 Å². The molecular weight excluding hydrogens is 807 g/mol. The molecule has 1 atom stereocenters. The molecule has 0 spiro atoms. The number of amides is 5. The number of piperidine rings is 2. The number of aryl methyl sites for hydroxylation is 1. The van der Waals surface area contributed by atoms with Crippen LogP contribution in [0.5, 0.6) is 0 Å². The number of hydrogen-bond donors (Lipinski definition) is 2. The van der Waals surface area contributed by atoms with Crippen LogP contribution < -0.4 is 15.5 Å². The summed E-state index contributed by atoms with van der Waals surface area (Å²) in [4.78, 5) is 74.3. The number of imide groups is 2. The average Bonchev–Trinajstić information content (AvgIpc) is 3.98. The fourth-order valence-corrected chi connectivity index (χ4v) is 9.55. The average molecular weight is 857 g/mol. The van der Waals surface area contributed by atoms with Gasteiger partial charge in [-0.05, 0) is 81.4 Å². The van der Waals surface area contributed by atoms with Crippen LogP contribution in [0.3, 0.4) is 0 Å². The van der Waals surface area contributed by atoms with E-state index in [0.717, 1.165) is 68.6 Å².